The fourth-order valence-electron chi connectivity index (χ4n) is 2.27. The molecule has 0 radical (unpaired) electrons. The molecule has 1 saturated carbocycles. The van der Waals surface area contributed by atoms with Gasteiger partial charge in [0.25, 0.3) is 0 Å². The predicted molar refractivity (Wildman–Crippen MR) is 66.9 cm³/mol. The van der Waals surface area contributed by atoms with E-state index in [1.165, 1.54) is 25.7 Å². The molecule has 0 saturated heterocycles. The van der Waals surface area contributed by atoms with Gasteiger partial charge in [0.2, 0.25) is 0 Å². The molecular formula is C12H20N4. The Balaban J connectivity index is 2.09. The molecule has 4 heteroatoms. The Morgan fingerprint density at radius 2 is 2.12 bits per heavy atom. The topological polar surface area (TPSA) is 41.1 Å². The van der Waals surface area contributed by atoms with E-state index in [9.17, 15) is 0 Å². The van der Waals surface area contributed by atoms with Crippen molar-refractivity contribution in [2.75, 3.05) is 23.8 Å². The number of rotatable bonds is 4. The maximum absolute atomic E-state index is 4.56. The number of hydrogen-bond donors (Lipinski definition) is 1. The maximum atomic E-state index is 4.56. The van der Waals surface area contributed by atoms with Crippen LogP contribution in [0.15, 0.2) is 12.4 Å². The van der Waals surface area contributed by atoms with E-state index in [2.05, 4.69) is 34.2 Å². The molecule has 0 spiro atoms. The van der Waals surface area contributed by atoms with E-state index in [0.29, 0.717) is 6.04 Å². The minimum Gasteiger partial charge on any atom is -0.369 e. The van der Waals surface area contributed by atoms with Crippen molar-refractivity contribution >= 4 is 11.6 Å². The summed E-state index contributed by atoms with van der Waals surface area (Å²) >= 11 is 0. The van der Waals surface area contributed by atoms with Gasteiger partial charge in [-0.3, -0.25) is 4.98 Å². The van der Waals surface area contributed by atoms with Gasteiger partial charge in [-0.15, -0.1) is 0 Å². The van der Waals surface area contributed by atoms with E-state index in [-0.39, 0.29) is 0 Å². The van der Waals surface area contributed by atoms with Crippen molar-refractivity contribution in [3.05, 3.63) is 12.4 Å². The molecular weight excluding hydrogens is 200 g/mol. The van der Waals surface area contributed by atoms with Crippen molar-refractivity contribution in [2.24, 2.45) is 0 Å². The lowest BCUT2D eigenvalue weighted by molar-refractivity contribution is 0.645. The first-order valence-corrected chi connectivity index (χ1v) is 6.10. The summed E-state index contributed by atoms with van der Waals surface area (Å²) in [5.74, 6) is 1.84. The third-order valence-corrected chi connectivity index (χ3v) is 3.21. The summed E-state index contributed by atoms with van der Waals surface area (Å²) in [7, 11) is 2.12. The highest BCUT2D eigenvalue weighted by atomic mass is 15.2. The normalized spacial score (nSPS) is 16.4. The Hall–Kier alpha value is -1.32. The average Bonchev–Trinajstić information content (AvgIpc) is 2.82. The van der Waals surface area contributed by atoms with Crippen LogP contribution in [0.5, 0.6) is 0 Å². The van der Waals surface area contributed by atoms with E-state index in [1.807, 2.05) is 6.20 Å². The second-order valence-corrected chi connectivity index (χ2v) is 4.34. The van der Waals surface area contributed by atoms with Gasteiger partial charge < -0.3 is 10.2 Å². The average molecular weight is 220 g/mol. The Labute approximate surface area is 97.1 Å². The summed E-state index contributed by atoms with van der Waals surface area (Å²) in [5, 5.41) is 3.19. The molecule has 1 aliphatic rings. The molecule has 0 atom stereocenters. The Kier molecular flexibility index (Phi) is 3.59. The van der Waals surface area contributed by atoms with E-state index in [0.717, 1.165) is 18.2 Å². The van der Waals surface area contributed by atoms with Gasteiger partial charge in [-0.1, -0.05) is 12.8 Å². The molecule has 88 valence electrons. The molecule has 0 aromatic carbocycles. The number of nitrogens with zero attached hydrogens (tertiary/aromatic N) is 3. The standard InChI is InChI=1S/C12H20N4/c1-3-14-11-8-13-9-12(15-11)16(2)10-6-4-5-7-10/h8-10H,3-7H2,1-2H3,(H,14,15). The van der Waals surface area contributed by atoms with Crippen molar-refractivity contribution in [1.29, 1.82) is 0 Å². The molecule has 0 unspecified atom stereocenters. The van der Waals surface area contributed by atoms with Crippen LogP contribution < -0.4 is 10.2 Å². The van der Waals surface area contributed by atoms with E-state index in [1.54, 1.807) is 6.20 Å². The molecule has 16 heavy (non-hydrogen) atoms. The third kappa shape index (κ3) is 2.43. The molecule has 0 amide bonds. The first kappa shape index (κ1) is 11.2. The van der Waals surface area contributed by atoms with Gasteiger partial charge in [0, 0.05) is 19.6 Å². The van der Waals surface area contributed by atoms with E-state index >= 15 is 0 Å². The first-order valence-electron chi connectivity index (χ1n) is 6.10. The Bertz CT molecular complexity index is 334. The van der Waals surface area contributed by atoms with Crippen molar-refractivity contribution in [2.45, 2.75) is 38.6 Å². The van der Waals surface area contributed by atoms with Crippen LogP contribution in [-0.2, 0) is 0 Å². The summed E-state index contributed by atoms with van der Waals surface area (Å²) in [6, 6.07) is 0.645. The predicted octanol–water partition coefficient (Wildman–Crippen LogP) is 2.29. The van der Waals surface area contributed by atoms with E-state index in [4.69, 9.17) is 0 Å². The van der Waals surface area contributed by atoms with Crippen LogP contribution in [0.25, 0.3) is 0 Å². The highest BCUT2D eigenvalue weighted by Gasteiger charge is 2.20. The lowest BCUT2D eigenvalue weighted by Crippen LogP contribution is -2.29. The Morgan fingerprint density at radius 3 is 2.81 bits per heavy atom. The second kappa shape index (κ2) is 5.14. The lowest BCUT2D eigenvalue weighted by atomic mass is 10.2. The SMILES string of the molecule is CCNc1cncc(N(C)C2CCCC2)n1. The third-order valence-electron chi connectivity index (χ3n) is 3.21. The van der Waals surface area contributed by atoms with Crippen LogP contribution in [0.4, 0.5) is 11.6 Å². The summed E-state index contributed by atoms with van der Waals surface area (Å²) in [6.45, 7) is 2.94. The highest BCUT2D eigenvalue weighted by Crippen LogP contribution is 2.25. The van der Waals surface area contributed by atoms with Crippen LogP contribution in [0.1, 0.15) is 32.6 Å². The zero-order valence-electron chi connectivity index (χ0n) is 10.1. The number of anilines is 2. The number of nitrogens with one attached hydrogen (secondary N) is 1. The van der Waals surface area contributed by atoms with Gasteiger partial charge in [-0.25, -0.2) is 4.98 Å². The van der Waals surface area contributed by atoms with Crippen molar-refractivity contribution in [1.82, 2.24) is 9.97 Å². The van der Waals surface area contributed by atoms with Gasteiger partial charge in [0.05, 0.1) is 12.4 Å². The van der Waals surface area contributed by atoms with Crippen molar-refractivity contribution < 1.29 is 0 Å². The lowest BCUT2D eigenvalue weighted by Gasteiger charge is -2.25. The maximum Gasteiger partial charge on any atom is 0.149 e. The number of hydrogen-bond acceptors (Lipinski definition) is 4. The smallest absolute Gasteiger partial charge is 0.149 e. The molecule has 0 aliphatic heterocycles. The summed E-state index contributed by atoms with van der Waals surface area (Å²) in [4.78, 5) is 11.1. The van der Waals surface area contributed by atoms with Gasteiger partial charge in [-0.2, -0.15) is 0 Å². The minimum atomic E-state index is 0.645. The molecule has 1 aromatic heterocycles. The first-order chi connectivity index (χ1) is 7.81. The fraction of sp³-hybridized carbons (Fsp3) is 0.667. The van der Waals surface area contributed by atoms with Gasteiger partial charge in [0.15, 0.2) is 0 Å². The molecule has 1 aliphatic carbocycles. The Morgan fingerprint density at radius 1 is 1.38 bits per heavy atom. The van der Waals surface area contributed by atoms with Crippen LogP contribution in [-0.4, -0.2) is 29.6 Å². The molecule has 2 rings (SSSR count). The van der Waals surface area contributed by atoms with Gasteiger partial charge in [0.1, 0.15) is 11.6 Å². The fourth-order valence-corrected chi connectivity index (χ4v) is 2.27. The summed E-state index contributed by atoms with van der Waals surface area (Å²) in [5.41, 5.74) is 0. The molecule has 4 nitrogen and oxygen atoms in total. The number of aromatic nitrogens is 2. The zero-order valence-corrected chi connectivity index (χ0v) is 10.1. The van der Waals surface area contributed by atoms with E-state index < -0.39 is 0 Å². The summed E-state index contributed by atoms with van der Waals surface area (Å²) < 4.78 is 0. The quantitative estimate of drug-likeness (QED) is 0.845. The molecule has 1 N–H and O–H groups in total. The highest BCUT2D eigenvalue weighted by molar-refractivity contribution is 5.44. The van der Waals surface area contributed by atoms with Gasteiger partial charge >= 0.3 is 0 Å². The van der Waals surface area contributed by atoms with Crippen LogP contribution in [0, 0.1) is 0 Å². The zero-order chi connectivity index (χ0) is 11.4. The van der Waals surface area contributed by atoms with Crippen LogP contribution in [0.3, 0.4) is 0 Å². The molecule has 1 heterocycles. The van der Waals surface area contributed by atoms with Crippen LogP contribution in [0.2, 0.25) is 0 Å². The monoisotopic (exact) mass is 220 g/mol. The van der Waals surface area contributed by atoms with Crippen molar-refractivity contribution in [3.8, 4) is 0 Å². The van der Waals surface area contributed by atoms with Crippen molar-refractivity contribution in [3.63, 3.8) is 0 Å². The minimum absolute atomic E-state index is 0.645. The van der Waals surface area contributed by atoms with Gasteiger partial charge in [-0.05, 0) is 19.8 Å². The molecule has 1 aromatic rings. The molecule has 0 bridgehead atoms. The molecule has 1 fully saturated rings. The second-order valence-electron chi connectivity index (χ2n) is 4.34. The van der Waals surface area contributed by atoms with Crippen LogP contribution >= 0.6 is 0 Å². The largest absolute Gasteiger partial charge is 0.369 e. The summed E-state index contributed by atoms with van der Waals surface area (Å²) in [6.07, 6.45) is 8.87.